The average molecular weight is 242 g/mol. The van der Waals surface area contributed by atoms with E-state index in [1.807, 2.05) is 31.2 Å². The first-order valence-corrected chi connectivity index (χ1v) is 6.43. The smallest absolute Gasteiger partial charge is 0.224 e. The zero-order valence-corrected chi connectivity index (χ0v) is 10.6. The number of nitriles is 1. The van der Waals surface area contributed by atoms with Crippen LogP contribution in [-0.4, -0.2) is 11.9 Å². The van der Waals surface area contributed by atoms with Crippen LogP contribution < -0.4 is 5.32 Å². The van der Waals surface area contributed by atoms with Gasteiger partial charge in [0.2, 0.25) is 5.91 Å². The van der Waals surface area contributed by atoms with Crippen molar-refractivity contribution in [3.05, 3.63) is 35.4 Å². The zero-order valence-electron chi connectivity index (χ0n) is 10.6. The van der Waals surface area contributed by atoms with Crippen molar-refractivity contribution in [2.45, 2.75) is 38.6 Å². The monoisotopic (exact) mass is 242 g/mol. The van der Waals surface area contributed by atoms with Crippen molar-refractivity contribution < 1.29 is 4.79 Å². The highest BCUT2D eigenvalue weighted by atomic mass is 16.1. The summed E-state index contributed by atoms with van der Waals surface area (Å²) < 4.78 is 0. The molecule has 18 heavy (non-hydrogen) atoms. The maximum atomic E-state index is 11.9. The summed E-state index contributed by atoms with van der Waals surface area (Å²) in [7, 11) is 0. The molecular formula is C15H18N2O. The molecule has 1 aromatic carbocycles. The lowest BCUT2D eigenvalue weighted by Crippen LogP contribution is -2.37. The van der Waals surface area contributed by atoms with Crippen LogP contribution in [0, 0.1) is 24.2 Å². The SMILES string of the molecule is Cc1ccc(CC(=O)NC2CCCC2C#N)cc1. The lowest BCUT2D eigenvalue weighted by Gasteiger charge is -2.15. The van der Waals surface area contributed by atoms with Crippen LogP contribution >= 0.6 is 0 Å². The van der Waals surface area contributed by atoms with Gasteiger partial charge >= 0.3 is 0 Å². The quantitative estimate of drug-likeness (QED) is 0.884. The van der Waals surface area contributed by atoms with E-state index in [0.717, 1.165) is 24.8 Å². The third kappa shape index (κ3) is 3.10. The molecule has 0 aromatic heterocycles. The van der Waals surface area contributed by atoms with E-state index in [1.54, 1.807) is 0 Å². The number of hydrogen-bond donors (Lipinski definition) is 1. The van der Waals surface area contributed by atoms with Gasteiger partial charge < -0.3 is 5.32 Å². The Hall–Kier alpha value is -1.82. The second kappa shape index (κ2) is 5.68. The maximum Gasteiger partial charge on any atom is 0.224 e. The maximum absolute atomic E-state index is 11.9. The normalized spacial score (nSPS) is 22.4. The van der Waals surface area contributed by atoms with Crippen LogP contribution in [0.5, 0.6) is 0 Å². The van der Waals surface area contributed by atoms with Gasteiger partial charge in [-0.1, -0.05) is 29.8 Å². The van der Waals surface area contributed by atoms with Crippen LogP contribution in [0.2, 0.25) is 0 Å². The number of carbonyl (C=O) groups excluding carboxylic acids is 1. The van der Waals surface area contributed by atoms with Crippen molar-refractivity contribution in [2.24, 2.45) is 5.92 Å². The summed E-state index contributed by atoms with van der Waals surface area (Å²) in [6.07, 6.45) is 3.27. The van der Waals surface area contributed by atoms with Crippen LogP contribution in [0.4, 0.5) is 0 Å². The first-order valence-electron chi connectivity index (χ1n) is 6.43. The molecular weight excluding hydrogens is 224 g/mol. The fourth-order valence-corrected chi connectivity index (χ4v) is 2.44. The first kappa shape index (κ1) is 12.6. The lowest BCUT2D eigenvalue weighted by molar-refractivity contribution is -0.121. The van der Waals surface area contributed by atoms with Crippen LogP contribution in [0.3, 0.4) is 0 Å². The number of nitrogens with zero attached hydrogens (tertiary/aromatic N) is 1. The molecule has 1 N–H and O–H groups in total. The number of carbonyl (C=O) groups is 1. The second-order valence-electron chi connectivity index (χ2n) is 5.00. The highest BCUT2D eigenvalue weighted by molar-refractivity contribution is 5.79. The Kier molecular flexibility index (Phi) is 3.99. The largest absolute Gasteiger partial charge is 0.352 e. The van der Waals surface area contributed by atoms with Crippen LogP contribution in [0.25, 0.3) is 0 Å². The number of amides is 1. The summed E-state index contributed by atoms with van der Waals surface area (Å²) in [6.45, 7) is 2.03. The molecule has 1 fully saturated rings. The van der Waals surface area contributed by atoms with E-state index in [9.17, 15) is 4.79 Å². The molecule has 0 bridgehead atoms. The molecule has 0 heterocycles. The van der Waals surface area contributed by atoms with Gasteiger partial charge in [0.1, 0.15) is 0 Å². The molecule has 2 rings (SSSR count). The number of nitrogens with one attached hydrogen (secondary N) is 1. The van der Waals surface area contributed by atoms with Crippen molar-refractivity contribution in [2.75, 3.05) is 0 Å². The van der Waals surface area contributed by atoms with Crippen LogP contribution in [0.1, 0.15) is 30.4 Å². The fourth-order valence-electron chi connectivity index (χ4n) is 2.44. The van der Waals surface area contributed by atoms with Gasteiger partial charge in [0.05, 0.1) is 18.4 Å². The summed E-state index contributed by atoms with van der Waals surface area (Å²) in [5, 5.41) is 11.9. The van der Waals surface area contributed by atoms with E-state index in [2.05, 4.69) is 11.4 Å². The summed E-state index contributed by atoms with van der Waals surface area (Å²) in [5.41, 5.74) is 2.21. The molecule has 1 saturated carbocycles. The molecule has 2 unspecified atom stereocenters. The Labute approximate surface area is 108 Å². The Morgan fingerprint density at radius 2 is 2.11 bits per heavy atom. The molecule has 3 heteroatoms. The lowest BCUT2D eigenvalue weighted by atomic mass is 10.0. The minimum Gasteiger partial charge on any atom is -0.352 e. The molecule has 1 aliphatic rings. The Morgan fingerprint density at radius 1 is 1.39 bits per heavy atom. The van der Waals surface area contributed by atoms with Gasteiger partial charge in [-0.25, -0.2) is 0 Å². The van der Waals surface area contributed by atoms with Crippen LogP contribution in [0.15, 0.2) is 24.3 Å². The Bertz CT molecular complexity index is 458. The predicted molar refractivity (Wildman–Crippen MR) is 69.8 cm³/mol. The van der Waals surface area contributed by atoms with Crippen molar-refractivity contribution >= 4 is 5.91 Å². The minimum atomic E-state index is -0.00744. The van der Waals surface area contributed by atoms with Gasteiger partial charge in [-0.3, -0.25) is 4.79 Å². The number of rotatable bonds is 3. The molecule has 0 spiro atoms. The van der Waals surface area contributed by atoms with Crippen LogP contribution in [-0.2, 0) is 11.2 Å². The molecule has 94 valence electrons. The molecule has 3 nitrogen and oxygen atoms in total. The Morgan fingerprint density at radius 3 is 2.78 bits per heavy atom. The minimum absolute atomic E-state index is 0.00744. The van der Waals surface area contributed by atoms with Crippen molar-refractivity contribution in [3.8, 4) is 6.07 Å². The highest BCUT2D eigenvalue weighted by Crippen LogP contribution is 2.24. The first-order chi connectivity index (χ1) is 8.69. The summed E-state index contributed by atoms with van der Waals surface area (Å²) in [4.78, 5) is 11.9. The fraction of sp³-hybridized carbons (Fsp3) is 0.467. The van der Waals surface area contributed by atoms with Gasteiger partial charge in [0, 0.05) is 6.04 Å². The number of aryl methyl sites for hydroxylation is 1. The summed E-state index contributed by atoms with van der Waals surface area (Å²) in [5.74, 6) is 0.0120. The van der Waals surface area contributed by atoms with E-state index in [4.69, 9.17) is 5.26 Å². The van der Waals surface area contributed by atoms with Gasteiger partial charge in [0.25, 0.3) is 0 Å². The van der Waals surface area contributed by atoms with Crippen molar-refractivity contribution in [1.82, 2.24) is 5.32 Å². The molecule has 1 amide bonds. The third-order valence-electron chi connectivity index (χ3n) is 3.51. The molecule has 2 atom stereocenters. The van der Waals surface area contributed by atoms with E-state index >= 15 is 0 Å². The summed E-state index contributed by atoms with van der Waals surface area (Å²) in [6, 6.07) is 10.3. The van der Waals surface area contributed by atoms with E-state index in [0.29, 0.717) is 6.42 Å². The van der Waals surface area contributed by atoms with E-state index < -0.39 is 0 Å². The average Bonchev–Trinajstić information content (AvgIpc) is 2.79. The molecule has 0 aliphatic heterocycles. The molecule has 1 aliphatic carbocycles. The zero-order chi connectivity index (χ0) is 13.0. The van der Waals surface area contributed by atoms with Crippen molar-refractivity contribution in [3.63, 3.8) is 0 Å². The molecule has 0 radical (unpaired) electrons. The summed E-state index contributed by atoms with van der Waals surface area (Å²) >= 11 is 0. The number of hydrogen-bond acceptors (Lipinski definition) is 2. The number of benzene rings is 1. The third-order valence-corrected chi connectivity index (χ3v) is 3.51. The second-order valence-corrected chi connectivity index (χ2v) is 5.00. The predicted octanol–water partition coefficient (Wildman–Crippen LogP) is 2.35. The van der Waals surface area contributed by atoms with Gasteiger partial charge in [-0.15, -0.1) is 0 Å². The highest BCUT2D eigenvalue weighted by Gasteiger charge is 2.28. The Balaban J connectivity index is 1.89. The molecule has 1 aromatic rings. The topological polar surface area (TPSA) is 52.9 Å². The van der Waals surface area contributed by atoms with Gasteiger partial charge in [0.15, 0.2) is 0 Å². The standard InChI is InChI=1S/C15H18N2O/c1-11-5-7-12(8-6-11)9-15(18)17-14-4-2-3-13(14)10-16/h5-8,13-14H,2-4,9H2,1H3,(H,17,18). The molecule has 0 saturated heterocycles. The van der Waals surface area contributed by atoms with Gasteiger partial charge in [-0.2, -0.15) is 5.26 Å². The van der Waals surface area contributed by atoms with E-state index in [-0.39, 0.29) is 17.9 Å². The van der Waals surface area contributed by atoms with E-state index in [1.165, 1.54) is 5.56 Å². The van der Waals surface area contributed by atoms with Crippen molar-refractivity contribution in [1.29, 1.82) is 5.26 Å². The van der Waals surface area contributed by atoms with Gasteiger partial charge in [-0.05, 0) is 31.7 Å².